The molecule has 43 heavy (non-hydrogen) atoms. The van der Waals surface area contributed by atoms with E-state index in [0.717, 1.165) is 12.8 Å². The van der Waals surface area contributed by atoms with Crippen LogP contribution in [0.2, 0.25) is 0 Å². The van der Waals surface area contributed by atoms with Gasteiger partial charge in [-0.05, 0) is 64.6 Å². The van der Waals surface area contributed by atoms with Gasteiger partial charge in [0.1, 0.15) is 18.8 Å². The lowest BCUT2D eigenvalue weighted by atomic mass is 9.89. The molecule has 0 saturated carbocycles. The molecule has 0 fully saturated rings. The van der Waals surface area contributed by atoms with Crippen LogP contribution in [0.15, 0.2) is 12.2 Å². The van der Waals surface area contributed by atoms with Crippen molar-refractivity contribution >= 4 is 29.4 Å². The van der Waals surface area contributed by atoms with E-state index in [-0.39, 0.29) is 47.9 Å². The van der Waals surface area contributed by atoms with E-state index in [0.29, 0.717) is 44.4 Å². The number of hydrogen-bond acceptors (Lipinski definition) is 9. The van der Waals surface area contributed by atoms with Crippen LogP contribution in [0, 0.1) is 17.8 Å². The highest BCUT2D eigenvalue weighted by Crippen LogP contribution is 2.22. The highest BCUT2D eigenvalue weighted by Gasteiger charge is 2.35. The van der Waals surface area contributed by atoms with Crippen LogP contribution < -0.4 is 10.6 Å². The number of rotatable bonds is 23. The van der Waals surface area contributed by atoms with E-state index < -0.39 is 24.2 Å². The summed E-state index contributed by atoms with van der Waals surface area (Å²) in [5.74, 6) is -0.691. The number of Topliss-reactive ketones (excluding diaryl/α,β-unsaturated/α-hetero) is 2. The van der Waals surface area contributed by atoms with Crippen LogP contribution in [0.3, 0.4) is 0 Å². The van der Waals surface area contributed by atoms with E-state index in [1.54, 1.807) is 32.1 Å². The fourth-order valence-corrected chi connectivity index (χ4v) is 5.08. The number of allylic oxidation sites excluding steroid dienone is 1. The summed E-state index contributed by atoms with van der Waals surface area (Å²) in [6, 6.07) is -1.44. The number of nitrogens with one attached hydrogen (secondary N) is 2. The van der Waals surface area contributed by atoms with Crippen molar-refractivity contribution in [1.29, 1.82) is 0 Å². The maximum absolute atomic E-state index is 13.3. The number of esters is 2. The van der Waals surface area contributed by atoms with Crippen molar-refractivity contribution in [2.75, 3.05) is 27.7 Å². The van der Waals surface area contributed by atoms with E-state index in [1.165, 1.54) is 13.8 Å². The normalized spacial score (nSPS) is 15.3. The predicted molar refractivity (Wildman–Crippen MR) is 169 cm³/mol. The molecule has 5 atom stereocenters. The van der Waals surface area contributed by atoms with E-state index in [4.69, 9.17) is 9.47 Å². The maximum atomic E-state index is 13.3. The Morgan fingerprint density at radius 2 is 1.40 bits per heavy atom. The Morgan fingerprint density at radius 1 is 0.814 bits per heavy atom. The number of amides is 1. The molecule has 0 aromatic heterocycles. The van der Waals surface area contributed by atoms with Crippen LogP contribution in [0.25, 0.3) is 0 Å². The molecular formula is C33H59N3O7. The van der Waals surface area contributed by atoms with Crippen molar-refractivity contribution < 1.29 is 33.4 Å². The third-order valence-corrected chi connectivity index (χ3v) is 7.40. The standard InChI is InChI=1S/C33H59N3O7/c1-22(2)21-27(34-8)33(41)35-30(23(3)4)28(39)18-13-11-12-14-19-29(40)31(36(9)10)32(43-26(7)38)24(5)17-15-16-20-42-25(6)37/h15-16,22-24,27,30-32,34H,11-14,17-21H2,1-10H3,(H,35,41)/b16-15+/t24-,27+,30+,31+,32-/m1/s1. The number of carbonyl (C=O) groups excluding carboxylic acids is 5. The predicted octanol–water partition coefficient (Wildman–Crippen LogP) is 4.25. The highest BCUT2D eigenvalue weighted by molar-refractivity contribution is 5.91. The second-order valence-corrected chi connectivity index (χ2v) is 12.5. The Balaban J connectivity index is 4.95. The first-order valence-electron chi connectivity index (χ1n) is 15.8. The number of ether oxygens (including phenoxy) is 2. The molecule has 0 bridgehead atoms. The second-order valence-electron chi connectivity index (χ2n) is 12.5. The molecule has 248 valence electrons. The number of hydrogen-bond donors (Lipinski definition) is 2. The van der Waals surface area contributed by atoms with Crippen molar-refractivity contribution in [1.82, 2.24) is 15.5 Å². The molecule has 0 aromatic carbocycles. The number of nitrogens with zero attached hydrogens (tertiary/aromatic N) is 1. The zero-order valence-corrected chi connectivity index (χ0v) is 28.4. The Hall–Kier alpha value is -2.59. The van der Waals surface area contributed by atoms with Crippen molar-refractivity contribution in [3.05, 3.63) is 12.2 Å². The molecule has 10 heteroatoms. The molecule has 0 heterocycles. The summed E-state index contributed by atoms with van der Waals surface area (Å²) < 4.78 is 10.5. The number of likely N-dealkylation sites (N-methyl/N-ethyl adjacent to an activating group) is 2. The lowest BCUT2D eigenvalue weighted by molar-refractivity contribution is -0.155. The van der Waals surface area contributed by atoms with E-state index in [9.17, 15) is 24.0 Å². The Morgan fingerprint density at radius 3 is 1.86 bits per heavy atom. The first-order valence-corrected chi connectivity index (χ1v) is 15.8. The van der Waals surface area contributed by atoms with Crippen LogP contribution >= 0.6 is 0 Å². The van der Waals surface area contributed by atoms with Gasteiger partial charge < -0.3 is 20.1 Å². The smallest absolute Gasteiger partial charge is 0.302 e. The van der Waals surface area contributed by atoms with Gasteiger partial charge in [0.15, 0.2) is 11.6 Å². The molecule has 0 aromatic rings. The van der Waals surface area contributed by atoms with Gasteiger partial charge in [0.2, 0.25) is 5.91 Å². The summed E-state index contributed by atoms with van der Waals surface area (Å²) in [6.45, 7) is 12.8. The Kier molecular flexibility index (Phi) is 20.7. The van der Waals surface area contributed by atoms with Crippen LogP contribution in [-0.2, 0) is 33.4 Å². The molecule has 0 aliphatic heterocycles. The minimum absolute atomic E-state index is 0.00568. The van der Waals surface area contributed by atoms with Gasteiger partial charge in [-0.3, -0.25) is 28.9 Å². The van der Waals surface area contributed by atoms with Crippen molar-refractivity contribution in [3.8, 4) is 0 Å². The van der Waals surface area contributed by atoms with E-state index in [1.807, 2.05) is 26.8 Å². The van der Waals surface area contributed by atoms with Gasteiger partial charge in [-0.1, -0.05) is 59.6 Å². The summed E-state index contributed by atoms with van der Waals surface area (Å²) in [5, 5.41) is 6.01. The molecule has 2 N–H and O–H groups in total. The van der Waals surface area contributed by atoms with E-state index in [2.05, 4.69) is 24.5 Å². The first kappa shape index (κ1) is 40.4. The van der Waals surface area contributed by atoms with Crippen LogP contribution in [-0.4, -0.2) is 86.3 Å². The quantitative estimate of drug-likeness (QED) is 0.0992. The average molecular weight is 610 g/mol. The second kappa shape index (κ2) is 22.0. The number of carbonyl (C=O) groups is 5. The summed E-state index contributed by atoms with van der Waals surface area (Å²) in [4.78, 5) is 63.7. The zero-order valence-electron chi connectivity index (χ0n) is 28.4. The minimum atomic E-state index is -0.623. The van der Waals surface area contributed by atoms with Crippen molar-refractivity contribution in [2.45, 2.75) is 124 Å². The largest absolute Gasteiger partial charge is 0.462 e. The summed E-state index contributed by atoms with van der Waals surface area (Å²) in [6.07, 6.45) is 7.91. The Bertz CT molecular complexity index is 901. The molecule has 0 unspecified atom stereocenters. The highest BCUT2D eigenvalue weighted by atomic mass is 16.5. The molecule has 0 aliphatic carbocycles. The topological polar surface area (TPSA) is 131 Å². The monoisotopic (exact) mass is 609 g/mol. The molecule has 0 saturated heterocycles. The first-order chi connectivity index (χ1) is 20.1. The third kappa shape index (κ3) is 17.3. The van der Waals surface area contributed by atoms with Crippen molar-refractivity contribution in [2.24, 2.45) is 17.8 Å². The lowest BCUT2D eigenvalue weighted by Gasteiger charge is -2.34. The van der Waals surface area contributed by atoms with Gasteiger partial charge in [-0.15, -0.1) is 0 Å². The number of unbranched alkanes of at least 4 members (excludes halogenated alkanes) is 3. The van der Waals surface area contributed by atoms with Gasteiger partial charge in [0, 0.05) is 26.7 Å². The minimum Gasteiger partial charge on any atom is -0.462 e. The fourth-order valence-electron chi connectivity index (χ4n) is 5.08. The van der Waals surface area contributed by atoms with Gasteiger partial charge in [0.25, 0.3) is 0 Å². The molecule has 0 radical (unpaired) electrons. The summed E-state index contributed by atoms with van der Waals surface area (Å²) in [5.41, 5.74) is 0. The molecule has 10 nitrogen and oxygen atoms in total. The van der Waals surface area contributed by atoms with Crippen molar-refractivity contribution in [3.63, 3.8) is 0 Å². The fraction of sp³-hybridized carbons (Fsp3) is 0.788. The maximum Gasteiger partial charge on any atom is 0.302 e. The molecule has 1 amide bonds. The van der Waals surface area contributed by atoms with Gasteiger partial charge >= 0.3 is 11.9 Å². The SMILES string of the molecule is CN[C@@H](CC(C)C)C(=O)N[C@H](C(=O)CCCCCCC(=O)[C@@H]([C@H](OC(C)=O)[C@H](C)C/C=C/COC(C)=O)N(C)C)C(C)C. The lowest BCUT2D eigenvalue weighted by Crippen LogP contribution is -2.51. The van der Waals surface area contributed by atoms with Crippen LogP contribution in [0.4, 0.5) is 0 Å². The summed E-state index contributed by atoms with van der Waals surface area (Å²) in [7, 11) is 5.37. The molecular weight excluding hydrogens is 550 g/mol. The molecule has 0 rings (SSSR count). The zero-order chi connectivity index (χ0) is 33.1. The van der Waals surface area contributed by atoms with Gasteiger partial charge in [0.05, 0.1) is 12.1 Å². The summed E-state index contributed by atoms with van der Waals surface area (Å²) >= 11 is 0. The molecule has 0 aliphatic rings. The van der Waals surface area contributed by atoms with Crippen LogP contribution in [0.5, 0.6) is 0 Å². The van der Waals surface area contributed by atoms with E-state index >= 15 is 0 Å². The third-order valence-electron chi connectivity index (χ3n) is 7.40. The van der Waals surface area contributed by atoms with Gasteiger partial charge in [-0.25, -0.2) is 0 Å². The number of ketones is 2. The van der Waals surface area contributed by atoms with Crippen LogP contribution in [0.1, 0.15) is 99.8 Å². The molecule has 0 spiro atoms. The Labute approximate surface area is 260 Å². The average Bonchev–Trinajstić information content (AvgIpc) is 2.90. The van der Waals surface area contributed by atoms with Gasteiger partial charge in [-0.2, -0.15) is 0 Å².